The summed E-state index contributed by atoms with van der Waals surface area (Å²) in [6, 6.07) is 4.14. The summed E-state index contributed by atoms with van der Waals surface area (Å²) in [7, 11) is 0. The van der Waals surface area contributed by atoms with E-state index in [1.54, 1.807) is 6.20 Å². The molecule has 74 valence electrons. The monoisotopic (exact) mass is 191 g/mol. The first-order chi connectivity index (χ1) is 6.77. The molecule has 14 heavy (non-hydrogen) atoms. The molecule has 0 aliphatic heterocycles. The van der Waals surface area contributed by atoms with E-state index in [1.807, 2.05) is 4.68 Å². The van der Waals surface area contributed by atoms with Gasteiger partial charge in [-0.3, -0.25) is 4.68 Å². The average molecular weight is 191 g/mol. The molecule has 0 bridgehead atoms. The lowest BCUT2D eigenvalue weighted by Gasteiger charge is -2.10. The first-order valence-corrected chi connectivity index (χ1v) is 4.53. The largest absolute Gasteiger partial charge is 0.447 e. The van der Waals surface area contributed by atoms with Crippen LogP contribution in [0, 0.1) is 13.8 Å². The third-order valence-corrected chi connectivity index (χ3v) is 2.17. The lowest BCUT2D eigenvalue weighted by atomic mass is 10.5. The number of rotatable bonds is 3. The molecular weight excluding hydrogens is 178 g/mol. The Kier molecular flexibility index (Phi) is 2.26. The number of aryl methyl sites for hydroxylation is 2. The number of aromatic nitrogens is 2. The minimum Gasteiger partial charge on any atom is -0.447 e. The average Bonchev–Trinajstić information content (AvgIpc) is 2.76. The van der Waals surface area contributed by atoms with E-state index < -0.39 is 0 Å². The van der Waals surface area contributed by atoms with Crippen molar-refractivity contribution in [2.45, 2.75) is 20.4 Å². The normalized spacial score (nSPS) is 10.4. The van der Waals surface area contributed by atoms with Crippen molar-refractivity contribution in [2.75, 3.05) is 5.43 Å². The van der Waals surface area contributed by atoms with Crippen molar-refractivity contribution in [3.8, 4) is 0 Å². The summed E-state index contributed by atoms with van der Waals surface area (Å²) in [5, 5.41) is 0. The highest BCUT2D eigenvalue weighted by molar-refractivity contribution is 5.15. The van der Waals surface area contributed by atoms with Gasteiger partial charge in [-0.1, -0.05) is 0 Å². The van der Waals surface area contributed by atoms with Gasteiger partial charge in [0.05, 0.1) is 12.7 Å². The molecule has 2 heterocycles. The second kappa shape index (κ2) is 3.57. The van der Waals surface area contributed by atoms with Crippen LogP contribution in [-0.2, 0) is 6.54 Å². The Bertz CT molecular complexity index is 383. The van der Waals surface area contributed by atoms with Gasteiger partial charge >= 0.3 is 0 Å². The van der Waals surface area contributed by atoms with Crippen molar-refractivity contribution in [1.82, 2.24) is 9.66 Å². The predicted octanol–water partition coefficient (Wildman–Crippen LogP) is 1.84. The van der Waals surface area contributed by atoms with Gasteiger partial charge in [0, 0.05) is 11.4 Å². The summed E-state index contributed by atoms with van der Waals surface area (Å²) in [6.45, 7) is 4.76. The Morgan fingerprint density at radius 1 is 1.36 bits per heavy atom. The van der Waals surface area contributed by atoms with Crippen molar-refractivity contribution in [3.05, 3.63) is 41.9 Å². The maximum absolute atomic E-state index is 5.12. The molecule has 2 aromatic rings. The molecule has 4 nitrogen and oxygen atoms in total. The third kappa shape index (κ3) is 1.64. The van der Waals surface area contributed by atoms with E-state index >= 15 is 0 Å². The lowest BCUT2D eigenvalue weighted by Crippen LogP contribution is -2.16. The fourth-order valence-electron chi connectivity index (χ4n) is 1.40. The van der Waals surface area contributed by atoms with Gasteiger partial charge in [0.25, 0.3) is 0 Å². The van der Waals surface area contributed by atoms with Crippen LogP contribution in [0.25, 0.3) is 0 Å². The molecule has 0 unspecified atom stereocenters. The molecule has 0 atom stereocenters. The third-order valence-electron chi connectivity index (χ3n) is 2.17. The van der Waals surface area contributed by atoms with Crippen molar-refractivity contribution >= 4 is 0 Å². The van der Waals surface area contributed by atoms with Gasteiger partial charge in [-0.15, -0.1) is 0 Å². The van der Waals surface area contributed by atoms with Crippen LogP contribution in [0.5, 0.6) is 0 Å². The van der Waals surface area contributed by atoms with Gasteiger partial charge in [-0.25, -0.2) is 4.98 Å². The van der Waals surface area contributed by atoms with Gasteiger partial charge in [0.15, 0.2) is 6.39 Å². The molecule has 0 radical (unpaired) electrons. The first-order valence-electron chi connectivity index (χ1n) is 4.53. The molecule has 0 fully saturated rings. The maximum Gasteiger partial charge on any atom is 0.180 e. The second-order valence-corrected chi connectivity index (χ2v) is 3.25. The zero-order chi connectivity index (χ0) is 9.97. The molecule has 4 heteroatoms. The van der Waals surface area contributed by atoms with Crippen molar-refractivity contribution in [3.63, 3.8) is 0 Å². The quantitative estimate of drug-likeness (QED) is 0.805. The summed E-state index contributed by atoms with van der Waals surface area (Å²) in [5.41, 5.74) is 5.61. The van der Waals surface area contributed by atoms with Crippen LogP contribution in [0.3, 0.4) is 0 Å². The summed E-state index contributed by atoms with van der Waals surface area (Å²) >= 11 is 0. The fourth-order valence-corrected chi connectivity index (χ4v) is 1.40. The van der Waals surface area contributed by atoms with Crippen LogP contribution in [-0.4, -0.2) is 9.66 Å². The van der Waals surface area contributed by atoms with Crippen LogP contribution in [0.4, 0.5) is 0 Å². The molecule has 0 amide bonds. The van der Waals surface area contributed by atoms with Crippen LogP contribution in [0.1, 0.15) is 17.1 Å². The van der Waals surface area contributed by atoms with Crippen LogP contribution < -0.4 is 5.43 Å². The van der Waals surface area contributed by atoms with E-state index in [9.17, 15) is 0 Å². The minimum absolute atomic E-state index is 0.649. The molecular formula is C10H13N3O. The molecule has 0 aliphatic carbocycles. The van der Waals surface area contributed by atoms with Gasteiger partial charge in [-0.05, 0) is 26.0 Å². The van der Waals surface area contributed by atoms with Crippen LogP contribution in [0.15, 0.2) is 29.1 Å². The number of nitrogens with one attached hydrogen (secondary N) is 1. The van der Waals surface area contributed by atoms with Crippen molar-refractivity contribution < 1.29 is 4.42 Å². The summed E-state index contributed by atoms with van der Waals surface area (Å²) in [5.74, 6) is 0.831. The highest BCUT2D eigenvalue weighted by Gasteiger charge is 2.01. The second-order valence-electron chi connectivity index (χ2n) is 3.25. The molecule has 0 saturated carbocycles. The topological polar surface area (TPSA) is 43.0 Å². The maximum atomic E-state index is 5.12. The Labute approximate surface area is 82.5 Å². The van der Waals surface area contributed by atoms with Crippen LogP contribution in [0.2, 0.25) is 0 Å². The van der Waals surface area contributed by atoms with Gasteiger partial charge in [0.1, 0.15) is 5.76 Å². The molecule has 0 spiro atoms. The molecule has 1 N–H and O–H groups in total. The van der Waals surface area contributed by atoms with Crippen molar-refractivity contribution in [1.29, 1.82) is 0 Å². The highest BCUT2D eigenvalue weighted by atomic mass is 16.3. The zero-order valence-electron chi connectivity index (χ0n) is 8.32. The Balaban J connectivity index is 2.05. The molecule has 0 aromatic carbocycles. The van der Waals surface area contributed by atoms with E-state index in [0.29, 0.717) is 6.54 Å². The SMILES string of the molecule is Cc1ccc(C)n1NCc1cnco1. The van der Waals surface area contributed by atoms with E-state index in [2.05, 4.69) is 36.4 Å². The minimum atomic E-state index is 0.649. The predicted molar refractivity (Wildman–Crippen MR) is 53.5 cm³/mol. The fraction of sp³-hybridized carbons (Fsp3) is 0.300. The van der Waals surface area contributed by atoms with E-state index in [-0.39, 0.29) is 0 Å². The standard InChI is InChI=1S/C10H13N3O/c1-8-3-4-9(2)13(8)12-6-10-5-11-7-14-10/h3-5,7,12H,6H2,1-2H3. The zero-order valence-corrected chi connectivity index (χ0v) is 8.32. The summed E-state index contributed by atoms with van der Waals surface area (Å²) in [4.78, 5) is 3.85. The Morgan fingerprint density at radius 2 is 2.07 bits per heavy atom. The van der Waals surface area contributed by atoms with Gasteiger partial charge < -0.3 is 9.84 Å². The molecule has 0 saturated heterocycles. The smallest absolute Gasteiger partial charge is 0.180 e. The Morgan fingerprint density at radius 3 is 2.64 bits per heavy atom. The van der Waals surface area contributed by atoms with Crippen molar-refractivity contribution in [2.24, 2.45) is 0 Å². The molecule has 2 rings (SSSR count). The Hall–Kier alpha value is -1.71. The lowest BCUT2D eigenvalue weighted by molar-refractivity contribution is 0.503. The molecule has 0 aliphatic rings. The van der Waals surface area contributed by atoms with E-state index in [0.717, 1.165) is 5.76 Å². The highest BCUT2D eigenvalue weighted by Crippen LogP contribution is 2.05. The first kappa shape index (κ1) is 8.87. The summed E-state index contributed by atoms with van der Waals surface area (Å²) in [6.07, 6.45) is 3.15. The number of nitrogens with zero attached hydrogens (tertiary/aromatic N) is 2. The van der Waals surface area contributed by atoms with E-state index in [4.69, 9.17) is 4.42 Å². The van der Waals surface area contributed by atoms with Crippen LogP contribution >= 0.6 is 0 Å². The van der Waals surface area contributed by atoms with Gasteiger partial charge in [-0.2, -0.15) is 0 Å². The number of oxazole rings is 1. The number of hydrogen-bond acceptors (Lipinski definition) is 3. The number of hydrogen-bond donors (Lipinski definition) is 1. The molecule has 2 aromatic heterocycles. The summed E-state index contributed by atoms with van der Waals surface area (Å²) < 4.78 is 7.15. The van der Waals surface area contributed by atoms with E-state index in [1.165, 1.54) is 17.8 Å². The van der Waals surface area contributed by atoms with Gasteiger partial charge in [0.2, 0.25) is 0 Å².